The van der Waals surface area contributed by atoms with E-state index in [2.05, 4.69) is 10.3 Å². The van der Waals surface area contributed by atoms with Crippen molar-refractivity contribution in [2.45, 2.75) is 13.5 Å². The lowest BCUT2D eigenvalue weighted by atomic mass is 10.2. The third-order valence-electron chi connectivity index (χ3n) is 2.17. The Bertz CT molecular complexity index is 545. The molecule has 5 heteroatoms. The van der Waals surface area contributed by atoms with E-state index in [0.717, 1.165) is 11.1 Å². The van der Waals surface area contributed by atoms with Crippen molar-refractivity contribution < 1.29 is 14.0 Å². The van der Waals surface area contributed by atoms with Gasteiger partial charge in [-0.1, -0.05) is 6.07 Å². The van der Waals surface area contributed by atoms with Crippen LogP contribution in [0.2, 0.25) is 0 Å². The van der Waals surface area contributed by atoms with E-state index in [0.29, 0.717) is 12.1 Å². The number of hydrogen-bond acceptors (Lipinski definition) is 4. The minimum Gasteiger partial charge on any atom is -0.443 e. The van der Waals surface area contributed by atoms with E-state index in [-0.39, 0.29) is 0 Å². The number of oxazole rings is 1. The number of rotatable bonds is 3. The average molecular weight is 218 g/mol. The summed E-state index contributed by atoms with van der Waals surface area (Å²) in [5, 5.41) is 2.50. The van der Waals surface area contributed by atoms with Crippen molar-refractivity contribution in [3.05, 3.63) is 30.2 Å². The number of hydrogen-bond donors (Lipinski definition) is 1. The summed E-state index contributed by atoms with van der Waals surface area (Å²) in [4.78, 5) is 25.7. The fraction of sp³-hybridized carbons (Fsp3) is 0.182. The first-order valence-corrected chi connectivity index (χ1v) is 4.78. The van der Waals surface area contributed by atoms with E-state index < -0.39 is 11.7 Å². The summed E-state index contributed by atoms with van der Waals surface area (Å²) in [6, 6.07) is 5.40. The molecule has 16 heavy (non-hydrogen) atoms. The zero-order valence-electron chi connectivity index (χ0n) is 8.69. The molecule has 0 unspecified atom stereocenters. The highest BCUT2D eigenvalue weighted by Crippen LogP contribution is 2.13. The topological polar surface area (TPSA) is 72.2 Å². The van der Waals surface area contributed by atoms with Gasteiger partial charge in [0.05, 0.1) is 0 Å². The van der Waals surface area contributed by atoms with Crippen LogP contribution in [0.15, 0.2) is 29.0 Å². The molecule has 2 rings (SSSR count). The zero-order valence-corrected chi connectivity index (χ0v) is 8.69. The van der Waals surface area contributed by atoms with Crippen LogP contribution in [0, 0.1) is 0 Å². The molecule has 0 aliphatic heterocycles. The van der Waals surface area contributed by atoms with Crippen LogP contribution in [0.3, 0.4) is 0 Å². The van der Waals surface area contributed by atoms with E-state index in [4.69, 9.17) is 4.42 Å². The van der Waals surface area contributed by atoms with Gasteiger partial charge in [-0.05, 0) is 17.7 Å². The Kier molecular flexibility index (Phi) is 2.68. The van der Waals surface area contributed by atoms with Gasteiger partial charge in [-0.2, -0.15) is 0 Å². The molecule has 1 aromatic carbocycles. The van der Waals surface area contributed by atoms with E-state index >= 15 is 0 Å². The van der Waals surface area contributed by atoms with Gasteiger partial charge in [0, 0.05) is 13.5 Å². The highest BCUT2D eigenvalue weighted by molar-refractivity contribution is 6.35. The van der Waals surface area contributed by atoms with Crippen LogP contribution in [-0.2, 0) is 16.1 Å². The van der Waals surface area contributed by atoms with Crippen molar-refractivity contribution in [1.82, 2.24) is 10.3 Å². The van der Waals surface area contributed by atoms with E-state index in [1.54, 1.807) is 12.1 Å². The monoisotopic (exact) mass is 218 g/mol. The van der Waals surface area contributed by atoms with Gasteiger partial charge in [0.2, 0.25) is 5.78 Å². The number of Topliss-reactive ketones (excluding diaryl/α,β-unsaturated/α-hetero) is 1. The second kappa shape index (κ2) is 4.14. The third-order valence-corrected chi connectivity index (χ3v) is 2.17. The Morgan fingerprint density at radius 3 is 3.00 bits per heavy atom. The predicted molar refractivity (Wildman–Crippen MR) is 56.5 cm³/mol. The predicted octanol–water partition coefficient (Wildman–Crippen LogP) is 1.03. The molecular weight excluding hydrogens is 208 g/mol. The maximum absolute atomic E-state index is 11.0. The van der Waals surface area contributed by atoms with Gasteiger partial charge in [0.15, 0.2) is 12.0 Å². The average Bonchev–Trinajstić information content (AvgIpc) is 2.72. The van der Waals surface area contributed by atoms with Crippen LogP contribution in [-0.4, -0.2) is 16.7 Å². The lowest BCUT2D eigenvalue weighted by Crippen LogP contribution is -2.28. The second-order valence-electron chi connectivity index (χ2n) is 3.39. The Labute approximate surface area is 91.5 Å². The van der Waals surface area contributed by atoms with Gasteiger partial charge in [-0.25, -0.2) is 4.98 Å². The summed E-state index contributed by atoms with van der Waals surface area (Å²) in [5.41, 5.74) is 2.29. The minimum atomic E-state index is -0.585. The van der Waals surface area contributed by atoms with E-state index in [1.165, 1.54) is 13.3 Å². The molecule has 0 bridgehead atoms. The normalized spacial score (nSPS) is 10.3. The zero-order chi connectivity index (χ0) is 11.5. The molecule has 0 aliphatic carbocycles. The van der Waals surface area contributed by atoms with Crippen LogP contribution in [0.4, 0.5) is 0 Å². The van der Waals surface area contributed by atoms with Gasteiger partial charge in [0.1, 0.15) is 5.52 Å². The first-order chi connectivity index (χ1) is 7.66. The summed E-state index contributed by atoms with van der Waals surface area (Å²) in [5.74, 6) is -1.08. The number of nitrogens with one attached hydrogen (secondary N) is 1. The summed E-state index contributed by atoms with van der Waals surface area (Å²) >= 11 is 0. The van der Waals surface area contributed by atoms with Crippen LogP contribution in [0.5, 0.6) is 0 Å². The maximum Gasteiger partial charge on any atom is 0.287 e. The molecule has 0 aliphatic rings. The molecule has 0 spiro atoms. The van der Waals surface area contributed by atoms with Crippen LogP contribution < -0.4 is 5.32 Å². The minimum absolute atomic E-state index is 0.301. The number of fused-ring (bicyclic) bond motifs is 1. The summed E-state index contributed by atoms with van der Waals surface area (Å²) in [7, 11) is 0. The van der Waals surface area contributed by atoms with Crippen LogP contribution >= 0.6 is 0 Å². The Balaban J connectivity index is 2.09. The number of carbonyl (C=O) groups excluding carboxylic acids is 2. The van der Waals surface area contributed by atoms with Gasteiger partial charge >= 0.3 is 0 Å². The van der Waals surface area contributed by atoms with E-state index in [1.807, 2.05) is 6.07 Å². The SMILES string of the molecule is CC(=O)C(=O)NCc1ccc2ncoc2c1. The molecule has 1 heterocycles. The molecule has 0 saturated heterocycles. The fourth-order valence-corrected chi connectivity index (χ4v) is 1.32. The molecule has 1 amide bonds. The highest BCUT2D eigenvalue weighted by Gasteiger charge is 2.07. The Hall–Kier alpha value is -2.17. The number of nitrogens with zero attached hydrogens (tertiary/aromatic N) is 1. The van der Waals surface area contributed by atoms with Gasteiger partial charge < -0.3 is 9.73 Å². The molecule has 2 aromatic rings. The molecule has 0 saturated carbocycles. The number of amides is 1. The summed E-state index contributed by atoms with van der Waals surface area (Å²) in [6.45, 7) is 1.53. The molecule has 82 valence electrons. The largest absolute Gasteiger partial charge is 0.443 e. The Morgan fingerprint density at radius 1 is 1.44 bits per heavy atom. The molecule has 5 nitrogen and oxygen atoms in total. The molecule has 0 fully saturated rings. The maximum atomic E-state index is 11.0. The summed E-state index contributed by atoms with van der Waals surface area (Å²) < 4.78 is 5.12. The lowest BCUT2D eigenvalue weighted by molar-refractivity contribution is -0.136. The standard InChI is InChI=1S/C11H10N2O3/c1-7(14)11(15)12-5-8-2-3-9-10(4-8)16-6-13-9/h2-4,6H,5H2,1H3,(H,12,15). The number of ketones is 1. The lowest BCUT2D eigenvalue weighted by Gasteiger charge is -2.02. The smallest absolute Gasteiger partial charge is 0.287 e. The van der Waals surface area contributed by atoms with Crippen LogP contribution in [0.25, 0.3) is 11.1 Å². The Morgan fingerprint density at radius 2 is 2.25 bits per heavy atom. The number of carbonyl (C=O) groups is 2. The van der Waals surface area contributed by atoms with Crippen LogP contribution in [0.1, 0.15) is 12.5 Å². The molecular formula is C11H10N2O3. The fourth-order valence-electron chi connectivity index (χ4n) is 1.32. The first kappa shape index (κ1) is 10.4. The number of aromatic nitrogens is 1. The van der Waals surface area contributed by atoms with Crippen molar-refractivity contribution in [3.8, 4) is 0 Å². The van der Waals surface area contributed by atoms with Crippen molar-refractivity contribution in [2.24, 2.45) is 0 Å². The quantitative estimate of drug-likeness (QED) is 0.781. The highest BCUT2D eigenvalue weighted by atomic mass is 16.3. The van der Waals surface area contributed by atoms with Gasteiger partial charge in [-0.15, -0.1) is 0 Å². The first-order valence-electron chi connectivity index (χ1n) is 4.78. The van der Waals surface area contributed by atoms with Gasteiger partial charge in [0.25, 0.3) is 5.91 Å². The molecule has 1 aromatic heterocycles. The van der Waals surface area contributed by atoms with Crippen molar-refractivity contribution in [3.63, 3.8) is 0 Å². The second-order valence-corrected chi connectivity index (χ2v) is 3.39. The van der Waals surface area contributed by atoms with E-state index in [9.17, 15) is 9.59 Å². The number of benzene rings is 1. The molecule has 1 N–H and O–H groups in total. The summed E-state index contributed by atoms with van der Waals surface area (Å²) in [6.07, 6.45) is 1.36. The van der Waals surface area contributed by atoms with Crippen molar-refractivity contribution >= 4 is 22.8 Å². The van der Waals surface area contributed by atoms with Crippen molar-refractivity contribution in [2.75, 3.05) is 0 Å². The van der Waals surface area contributed by atoms with Gasteiger partial charge in [-0.3, -0.25) is 9.59 Å². The molecule has 0 atom stereocenters. The van der Waals surface area contributed by atoms with Crippen molar-refractivity contribution in [1.29, 1.82) is 0 Å². The molecule has 0 radical (unpaired) electrons. The third kappa shape index (κ3) is 2.08.